The van der Waals surface area contributed by atoms with Gasteiger partial charge in [-0.15, -0.1) is 5.10 Å². The summed E-state index contributed by atoms with van der Waals surface area (Å²) in [5.41, 5.74) is 3.27. The number of carbonyl (C=O) groups excluding carboxylic acids is 1. The van der Waals surface area contributed by atoms with Gasteiger partial charge in [0.15, 0.2) is 5.65 Å². The zero-order valence-corrected chi connectivity index (χ0v) is 15.5. The minimum absolute atomic E-state index is 0.0728. The van der Waals surface area contributed by atoms with E-state index in [1.165, 1.54) is 0 Å². The van der Waals surface area contributed by atoms with Crippen LogP contribution in [0.3, 0.4) is 0 Å². The van der Waals surface area contributed by atoms with Gasteiger partial charge in [0, 0.05) is 23.4 Å². The smallest absolute Gasteiger partial charge is 0.249 e. The van der Waals surface area contributed by atoms with E-state index in [4.69, 9.17) is 9.26 Å². The van der Waals surface area contributed by atoms with Gasteiger partial charge in [-0.25, -0.2) is 4.52 Å². The first-order chi connectivity index (χ1) is 13.6. The molecule has 28 heavy (non-hydrogen) atoms. The molecular formula is C20H19N5O3. The summed E-state index contributed by atoms with van der Waals surface area (Å²) in [6.45, 7) is 4.34. The van der Waals surface area contributed by atoms with Crippen molar-refractivity contribution in [2.45, 2.75) is 20.3 Å². The quantitative estimate of drug-likeness (QED) is 0.554. The van der Waals surface area contributed by atoms with E-state index >= 15 is 0 Å². The summed E-state index contributed by atoms with van der Waals surface area (Å²) in [6.07, 6.45) is 1.93. The Morgan fingerprint density at radius 1 is 1.25 bits per heavy atom. The molecule has 3 aromatic heterocycles. The molecule has 1 N–H and O–H groups in total. The van der Waals surface area contributed by atoms with Gasteiger partial charge >= 0.3 is 0 Å². The molecule has 0 unspecified atom stereocenters. The van der Waals surface area contributed by atoms with E-state index in [1.54, 1.807) is 17.5 Å². The van der Waals surface area contributed by atoms with E-state index in [-0.39, 0.29) is 18.3 Å². The fraction of sp³-hybridized carbons (Fsp3) is 0.200. The number of para-hydroxylation sites is 1. The monoisotopic (exact) mass is 377 g/mol. The number of benzene rings is 1. The van der Waals surface area contributed by atoms with Crippen LogP contribution in [0.4, 0.5) is 5.95 Å². The number of ether oxygens (including phenoxy) is 1. The number of hydrogen-bond acceptors (Lipinski definition) is 6. The zero-order chi connectivity index (χ0) is 19.5. The van der Waals surface area contributed by atoms with Gasteiger partial charge in [-0.1, -0.05) is 23.4 Å². The van der Waals surface area contributed by atoms with Gasteiger partial charge in [0.25, 0.3) is 0 Å². The lowest BCUT2D eigenvalue weighted by molar-refractivity contribution is -0.115. The lowest BCUT2D eigenvalue weighted by Gasteiger charge is -2.09. The lowest BCUT2D eigenvalue weighted by Crippen LogP contribution is -2.15. The van der Waals surface area contributed by atoms with Crippen molar-refractivity contribution in [2.75, 3.05) is 11.9 Å². The van der Waals surface area contributed by atoms with Crippen molar-refractivity contribution in [3.63, 3.8) is 0 Å². The molecule has 4 rings (SSSR count). The molecule has 0 saturated carbocycles. The first-order valence-electron chi connectivity index (χ1n) is 8.93. The minimum atomic E-state index is -0.269. The molecule has 0 fully saturated rings. The number of aromatic nitrogens is 4. The maximum absolute atomic E-state index is 12.2. The molecule has 0 saturated heterocycles. The van der Waals surface area contributed by atoms with Gasteiger partial charge in [0.05, 0.1) is 18.7 Å². The average molecular weight is 377 g/mol. The van der Waals surface area contributed by atoms with Crippen molar-refractivity contribution in [2.24, 2.45) is 0 Å². The van der Waals surface area contributed by atoms with Crippen LogP contribution in [-0.4, -0.2) is 32.3 Å². The van der Waals surface area contributed by atoms with Gasteiger partial charge in [-0.2, -0.15) is 4.98 Å². The third-order valence-corrected chi connectivity index (χ3v) is 4.09. The molecule has 0 aliphatic heterocycles. The maximum Gasteiger partial charge on any atom is 0.249 e. The number of nitrogens with one attached hydrogen (secondary N) is 1. The second-order valence-corrected chi connectivity index (χ2v) is 6.24. The normalized spacial score (nSPS) is 10.9. The summed E-state index contributed by atoms with van der Waals surface area (Å²) in [5.74, 6) is 1.26. The van der Waals surface area contributed by atoms with E-state index in [1.807, 2.05) is 49.5 Å². The number of amides is 1. The molecule has 3 heterocycles. The highest BCUT2D eigenvalue weighted by Gasteiger charge is 2.13. The number of aryl methyl sites for hydroxylation is 1. The Hall–Kier alpha value is -3.68. The summed E-state index contributed by atoms with van der Waals surface area (Å²) in [6, 6.07) is 13.3. The Labute approximate surface area is 161 Å². The van der Waals surface area contributed by atoms with E-state index in [0.29, 0.717) is 18.0 Å². The number of rotatable bonds is 6. The predicted octanol–water partition coefficient (Wildman–Crippen LogP) is 3.27. The van der Waals surface area contributed by atoms with Crippen LogP contribution in [0.1, 0.15) is 18.4 Å². The van der Waals surface area contributed by atoms with E-state index in [0.717, 1.165) is 22.6 Å². The van der Waals surface area contributed by atoms with Crippen LogP contribution in [0, 0.1) is 6.92 Å². The molecule has 0 bridgehead atoms. The lowest BCUT2D eigenvalue weighted by atomic mass is 10.1. The minimum Gasteiger partial charge on any atom is -0.493 e. The van der Waals surface area contributed by atoms with Gasteiger partial charge in [-0.3, -0.25) is 10.1 Å². The van der Waals surface area contributed by atoms with Gasteiger partial charge in [-0.05, 0) is 32.0 Å². The SMILES string of the molecule is CCOc1ccccc1-c1ccc2nc(NC(=O)Cc3cc(C)no3)nn2c1. The Morgan fingerprint density at radius 3 is 2.89 bits per heavy atom. The Kier molecular flexibility index (Phi) is 4.76. The van der Waals surface area contributed by atoms with Gasteiger partial charge < -0.3 is 9.26 Å². The molecule has 1 aromatic carbocycles. The highest BCUT2D eigenvalue weighted by molar-refractivity contribution is 5.90. The van der Waals surface area contributed by atoms with Crippen molar-refractivity contribution >= 4 is 17.5 Å². The van der Waals surface area contributed by atoms with Gasteiger partial charge in [0.1, 0.15) is 11.5 Å². The third kappa shape index (κ3) is 3.71. The van der Waals surface area contributed by atoms with Crippen LogP contribution in [0.25, 0.3) is 16.8 Å². The molecule has 4 aromatic rings. The second kappa shape index (κ2) is 7.51. The fourth-order valence-electron chi connectivity index (χ4n) is 2.91. The van der Waals surface area contributed by atoms with Crippen molar-refractivity contribution in [1.29, 1.82) is 0 Å². The number of pyridine rings is 1. The molecular weight excluding hydrogens is 358 g/mol. The number of nitrogens with zero attached hydrogens (tertiary/aromatic N) is 4. The topological polar surface area (TPSA) is 94.5 Å². The summed E-state index contributed by atoms with van der Waals surface area (Å²) in [7, 11) is 0. The summed E-state index contributed by atoms with van der Waals surface area (Å²) in [5, 5.41) is 10.8. The van der Waals surface area contributed by atoms with Crippen LogP contribution >= 0.6 is 0 Å². The molecule has 0 aliphatic rings. The van der Waals surface area contributed by atoms with Crippen LogP contribution in [0.5, 0.6) is 5.75 Å². The summed E-state index contributed by atoms with van der Waals surface area (Å²) in [4.78, 5) is 16.5. The number of fused-ring (bicyclic) bond motifs is 1. The third-order valence-electron chi connectivity index (χ3n) is 4.09. The van der Waals surface area contributed by atoms with Crippen molar-refractivity contribution in [3.05, 3.63) is 60.1 Å². The molecule has 1 amide bonds. The molecule has 0 spiro atoms. The van der Waals surface area contributed by atoms with Crippen molar-refractivity contribution < 1.29 is 14.1 Å². The van der Waals surface area contributed by atoms with Crippen molar-refractivity contribution in [1.82, 2.24) is 19.8 Å². The number of hydrogen-bond donors (Lipinski definition) is 1. The van der Waals surface area contributed by atoms with Crippen LogP contribution in [0.2, 0.25) is 0 Å². The van der Waals surface area contributed by atoms with Gasteiger partial charge in [0.2, 0.25) is 11.9 Å². The zero-order valence-electron chi connectivity index (χ0n) is 15.5. The standard InChI is InChI=1S/C20H19N5O3/c1-3-27-17-7-5-4-6-16(17)14-8-9-18-21-20(23-25(18)12-14)22-19(26)11-15-10-13(2)24-28-15/h4-10,12H,3,11H2,1-2H3,(H,22,23,26). The molecule has 8 heteroatoms. The molecule has 8 nitrogen and oxygen atoms in total. The van der Waals surface area contributed by atoms with Crippen molar-refractivity contribution in [3.8, 4) is 16.9 Å². The van der Waals surface area contributed by atoms with E-state index in [9.17, 15) is 4.79 Å². The molecule has 142 valence electrons. The first kappa shape index (κ1) is 17.7. The Morgan fingerprint density at radius 2 is 2.11 bits per heavy atom. The maximum atomic E-state index is 12.2. The predicted molar refractivity (Wildman–Crippen MR) is 103 cm³/mol. The molecule has 0 aliphatic carbocycles. The average Bonchev–Trinajstić information content (AvgIpc) is 3.26. The number of anilines is 1. The van der Waals surface area contributed by atoms with Crippen LogP contribution in [-0.2, 0) is 11.2 Å². The summed E-state index contributed by atoms with van der Waals surface area (Å²) >= 11 is 0. The second-order valence-electron chi connectivity index (χ2n) is 6.24. The first-order valence-corrected chi connectivity index (χ1v) is 8.93. The molecule has 0 atom stereocenters. The van der Waals surface area contributed by atoms with Crippen LogP contribution in [0.15, 0.2) is 53.2 Å². The highest BCUT2D eigenvalue weighted by atomic mass is 16.5. The summed E-state index contributed by atoms with van der Waals surface area (Å²) < 4.78 is 12.4. The number of carbonyl (C=O) groups is 1. The highest BCUT2D eigenvalue weighted by Crippen LogP contribution is 2.29. The Bertz CT molecular complexity index is 1130. The van der Waals surface area contributed by atoms with E-state index < -0.39 is 0 Å². The Balaban J connectivity index is 1.56. The van der Waals surface area contributed by atoms with E-state index in [2.05, 4.69) is 20.6 Å². The van der Waals surface area contributed by atoms with Crippen LogP contribution < -0.4 is 10.1 Å². The fourth-order valence-corrected chi connectivity index (χ4v) is 2.91. The molecule has 0 radical (unpaired) electrons. The largest absolute Gasteiger partial charge is 0.493 e.